The molecular formula is C29H31N5O4. The molecule has 38 heavy (non-hydrogen) atoms. The first-order valence-corrected chi connectivity index (χ1v) is 12.7. The van der Waals surface area contributed by atoms with Crippen LogP contribution in [-0.4, -0.2) is 61.2 Å². The van der Waals surface area contributed by atoms with E-state index in [1.54, 1.807) is 17.0 Å². The molecule has 1 aliphatic rings. The van der Waals surface area contributed by atoms with Crippen molar-refractivity contribution in [3.8, 4) is 0 Å². The van der Waals surface area contributed by atoms with Crippen LogP contribution < -0.4 is 15.5 Å². The minimum atomic E-state index is -0.239. The van der Waals surface area contributed by atoms with Crippen LogP contribution in [0, 0.1) is 6.92 Å². The van der Waals surface area contributed by atoms with Gasteiger partial charge in [0.25, 0.3) is 0 Å². The Bertz CT molecular complexity index is 1380. The lowest BCUT2D eigenvalue weighted by molar-refractivity contribution is -0.115. The van der Waals surface area contributed by atoms with Gasteiger partial charge in [0, 0.05) is 43.6 Å². The number of morpholine rings is 1. The van der Waals surface area contributed by atoms with E-state index < -0.39 is 0 Å². The molecule has 3 amide bonds. The van der Waals surface area contributed by atoms with Gasteiger partial charge in [-0.25, -0.2) is 4.79 Å². The van der Waals surface area contributed by atoms with Crippen molar-refractivity contribution in [3.05, 3.63) is 83.9 Å². The van der Waals surface area contributed by atoms with E-state index in [-0.39, 0.29) is 24.4 Å². The first-order valence-electron chi connectivity index (χ1n) is 12.7. The fraction of sp³-hybridized carbons (Fsp3) is 0.276. The molecule has 1 fully saturated rings. The van der Waals surface area contributed by atoms with E-state index in [2.05, 4.69) is 20.5 Å². The van der Waals surface area contributed by atoms with Crippen molar-refractivity contribution in [2.45, 2.75) is 13.3 Å². The number of hydrogen-bond acceptors (Lipinski definition) is 6. The summed E-state index contributed by atoms with van der Waals surface area (Å²) >= 11 is 0. The number of carbonyl (C=O) groups is 2. The largest absolute Gasteiger partial charge is 0.423 e. The molecule has 1 saturated heterocycles. The number of nitrogens with zero attached hydrogens (tertiary/aromatic N) is 3. The standard InChI is InChI=1S/C29H31N5O4/c1-21-7-9-23(10-8-21)30-29(36)34(14-13-33-15-17-37-18-16-33)24-11-12-25-26(20-24)38-28(31-25)32-27(35)19-22-5-3-2-4-6-22/h2-12,20H,13-19H2,1H3,(H,30,36)(H,31,32,35). The van der Waals surface area contributed by atoms with E-state index in [4.69, 9.17) is 9.15 Å². The maximum Gasteiger partial charge on any atom is 0.326 e. The number of urea groups is 1. The van der Waals surface area contributed by atoms with Gasteiger partial charge in [0.15, 0.2) is 5.58 Å². The Labute approximate surface area is 221 Å². The molecular weight excluding hydrogens is 482 g/mol. The van der Waals surface area contributed by atoms with Crippen molar-refractivity contribution >= 4 is 40.4 Å². The Balaban J connectivity index is 1.33. The maximum absolute atomic E-state index is 13.4. The predicted molar refractivity (Wildman–Crippen MR) is 148 cm³/mol. The third-order valence-electron chi connectivity index (χ3n) is 6.43. The molecule has 3 aromatic carbocycles. The van der Waals surface area contributed by atoms with Gasteiger partial charge in [0.1, 0.15) is 5.52 Å². The number of anilines is 3. The van der Waals surface area contributed by atoms with E-state index in [1.165, 1.54) is 0 Å². The number of aryl methyl sites for hydroxylation is 1. The first kappa shape index (κ1) is 25.4. The molecule has 5 rings (SSSR count). The zero-order chi connectivity index (χ0) is 26.3. The molecule has 2 heterocycles. The van der Waals surface area contributed by atoms with Gasteiger partial charge in [-0.1, -0.05) is 48.0 Å². The normalized spacial score (nSPS) is 13.8. The fourth-order valence-corrected chi connectivity index (χ4v) is 4.32. The lowest BCUT2D eigenvalue weighted by Gasteiger charge is -2.30. The van der Waals surface area contributed by atoms with Crippen LogP contribution in [0.1, 0.15) is 11.1 Å². The highest BCUT2D eigenvalue weighted by Crippen LogP contribution is 2.26. The molecule has 9 nitrogen and oxygen atoms in total. The minimum Gasteiger partial charge on any atom is -0.423 e. The Morgan fingerprint density at radius 2 is 1.74 bits per heavy atom. The Hall–Kier alpha value is -4.21. The number of rotatable bonds is 8. The zero-order valence-electron chi connectivity index (χ0n) is 21.4. The van der Waals surface area contributed by atoms with Crippen molar-refractivity contribution < 1.29 is 18.7 Å². The molecule has 0 radical (unpaired) electrons. The molecule has 1 aliphatic heterocycles. The van der Waals surface area contributed by atoms with Crippen LogP contribution in [0.4, 0.5) is 22.2 Å². The number of oxazole rings is 1. The van der Waals surface area contributed by atoms with E-state index >= 15 is 0 Å². The summed E-state index contributed by atoms with van der Waals surface area (Å²) in [5.41, 5.74) is 4.50. The van der Waals surface area contributed by atoms with E-state index in [1.807, 2.05) is 67.6 Å². The second-order valence-corrected chi connectivity index (χ2v) is 9.28. The summed E-state index contributed by atoms with van der Waals surface area (Å²) in [6, 6.07) is 22.5. The average Bonchev–Trinajstić information content (AvgIpc) is 3.32. The van der Waals surface area contributed by atoms with Crippen molar-refractivity contribution in [2.24, 2.45) is 0 Å². The highest BCUT2D eigenvalue weighted by Gasteiger charge is 2.20. The van der Waals surface area contributed by atoms with Crippen LogP contribution in [0.3, 0.4) is 0 Å². The van der Waals surface area contributed by atoms with Crippen molar-refractivity contribution in [1.29, 1.82) is 0 Å². The molecule has 0 bridgehead atoms. The second kappa shape index (κ2) is 11.9. The molecule has 0 spiro atoms. The predicted octanol–water partition coefficient (Wildman–Crippen LogP) is 4.69. The van der Waals surface area contributed by atoms with Crippen molar-refractivity contribution in [1.82, 2.24) is 9.88 Å². The van der Waals surface area contributed by atoms with Gasteiger partial charge >= 0.3 is 12.0 Å². The fourth-order valence-electron chi connectivity index (χ4n) is 4.32. The van der Waals surface area contributed by atoms with Crippen LogP contribution in [0.2, 0.25) is 0 Å². The summed E-state index contributed by atoms with van der Waals surface area (Å²) < 4.78 is 11.3. The van der Waals surface area contributed by atoms with Gasteiger partial charge in [-0.3, -0.25) is 19.9 Å². The topological polar surface area (TPSA) is 99.9 Å². The summed E-state index contributed by atoms with van der Waals surface area (Å²) in [7, 11) is 0. The molecule has 1 aromatic heterocycles. The van der Waals surface area contributed by atoms with Gasteiger partial charge in [-0.2, -0.15) is 4.98 Å². The third kappa shape index (κ3) is 6.56. The van der Waals surface area contributed by atoms with Crippen LogP contribution in [0.5, 0.6) is 0 Å². The van der Waals surface area contributed by atoms with Gasteiger partial charge in [-0.05, 0) is 36.8 Å². The molecule has 2 N–H and O–H groups in total. The lowest BCUT2D eigenvalue weighted by Crippen LogP contribution is -2.44. The Morgan fingerprint density at radius 1 is 0.974 bits per heavy atom. The van der Waals surface area contributed by atoms with Gasteiger partial charge in [-0.15, -0.1) is 0 Å². The Kier molecular flexibility index (Phi) is 7.96. The lowest BCUT2D eigenvalue weighted by atomic mass is 10.1. The van der Waals surface area contributed by atoms with Crippen LogP contribution in [0.25, 0.3) is 11.1 Å². The van der Waals surface area contributed by atoms with Crippen molar-refractivity contribution in [3.63, 3.8) is 0 Å². The quantitative estimate of drug-likeness (QED) is 0.355. The van der Waals surface area contributed by atoms with Gasteiger partial charge in [0.2, 0.25) is 5.91 Å². The summed E-state index contributed by atoms with van der Waals surface area (Å²) in [6.07, 6.45) is 0.222. The van der Waals surface area contributed by atoms with Crippen LogP contribution >= 0.6 is 0 Å². The second-order valence-electron chi connectivity index (χ2n) is 9.28. The average molecular weight is 514 g/mol. The number of amides is 3. The highest BCUT2D eigenvalue weighted by molar-refractivity contribution is 6.02. The van der Waals surface area contributed by atoms with Crippen LogP contribution in [0.15, 0.2) is 77.2 Å². The van der Waals surface area contributed by atoms with Gasteiger partial charge in [0.05, 0.1) is 19.6 Å². The van der Waals surface area contributed by atoms with E-state index in [9.17, 15) is 9.59 Å². The third-order valence-corrected chi connectivity index (χ3v) is 6.43. The number of benzene rings is 3. The SMILES string of the molecule is Cc1ccc(NC(=O)N(CCN2CCOCC2)c2ccc3nc(NC(=O)Cc4ccccc4)oc3c2)cc1. The van der Waals surface area contributed by atoms with Crippen molar-refractivity contribution in [2.75, 3.05) is 54.9 Å². The molecule has 4 aromatic rings. The number of ether oxygens (including phenoxy) is 1. The summed E-state index contributed by atoms with van der Waals surface area (Å²) in [6.45, 7) is 6.25. The van der Waals surface area contributed by atoms with Crippen LogP contribution in [-0.2, 0) is 16.0 Å². The van der Waals surface area contributed by atoms with E-state index in [0.29, 0.717) is 43.1 Å². The number of hydrogen-bond donors (Lipinski definition) is 2. The summed E-state index contributed by atoms with van der Waals surface area (Å²) in [4.78, 5) is 34.2. The summed E-state index contributed by atoms with van der Waals surface area (Å²) in [5, 5.41) is 5.73. The summed E-state index contributed by atoms with van der Waals surface area (Å²) in [5.74, 6) is -0.215. The monoisotopic (exact) mass is 513 g/mol. The molecule has 0 aliphatic carbocycles. The number of fused-ring (bicyclic) bond motifs is 1. The molecule has 9 heteroatoms. The zero-order valence-corrected chi connectivity index (χ0v) is 21.4. The van der Waals surface area contributed by atoms with Gasteiger partial charge < -0.3 is 14.5 Å². The molecule has 0 unspecified atom stereocenters. The Morgan fingerprint density at radius 3 is 2.50 bits per heavy atom. The number of aromatic nitrogens is 1. The van der Waals surface area contributed by atoms with E-state index in [0.717, 1.165) is 29.9 Å². The maximum atomic E-state index is 13.4. The molecule has 0 saturated carbocycles. The highest BCUT2D eigenvalue weighted by atomic mass is 16.5. The number of carbonyl (C=O) groups excluding carboxylic acids is 2. The smallest absolute Gasteiger partial charge is 0.326 e. The number of nitrogens with one attached hydrogen (secondary N) is 2. The molecule has 0 atom stereocenters. The minimum absolute atomic E-state index is 0.127. The molecule has 196 valence electrons. The first-order chi connectivity index (χ1) is 18.5.